The van der Waals surface area contributed by atoms with Gasteiger partial charge in [0, 0.05) is 0 Å². The van der Waals surface area contributed by atoms with Gasteiger partial charge in [0.2, 0.25) is 0 Å². The predicted molar refractivity (Wildman–Crippen MR) is 46.1 cm³/mol. The van der Waals surface area contributed by atoms with Crippen molar-refractivity contribution in [3.8, 4) is 0 Å². The minimum Gasteiger partial charge on any atom is -0.374 e. The van der Waals surface area contributed by atoms with Gasteiger partial charge in [-0.2, -0.15) is 0 Å². The zero-order chi connectivity index (χ0) is 8.27. The van der Waals surface area contributed by atoms with Gasteiger partial charge in [0.1, 0.15) is 0 Å². The third-order valence-corrected chi connectivity index (χ3v) is 1.89. The van der Waals surface area contributed by atoms with Crippen molar-refractivity contribution in [2.75, 3.05) is 0 Å². The molecule has 0 N–H and O–H groups in total. The summed E-state index contributed by atoms with van der Waals surface area (Å²) in [5.41, 5.74) is 3.80. The Morgan fingerprint density at radius 1 is 1.27 bits per heavy atom. The second-order valence-corrected chi connectivity index (χ2v) is 2.72. The highest BCUT2D eigenvalue weighted by Gasteiger charge is 1.99. The zero-order valence-electron chi connectivity index (χ0n) is 7.05. The molecule has 1 radical (unpaired) electrons. The highest BCUT2D eigenvalue weighted by molar-refractivity contribution is 5.32. The van der Waals surface area contributed by atoms with Gasteiger partial charge in [-0.05, 0) is 30.5 Å². The van der Waals surface area contributed by atoms with Gasteiger partial charge in [-0.3, -0.25) is 0 Å². The number of ether oxygens (including phenoxy) is 1. The highest BCUT2D eigenvalue weighted by atomic mass is 16.5. The van der Waals surface area contributed by atoms with Crippen molar-refractivity contribution in [3.63, 3.8) is 0 Å². The summed E-state index contributed by atoms with van der Waals surface area (Å²) in [4.78, 5) is 0. The Morgan fingerprint density at radius 3 is 2.27 bits per heavy atom. The van der Waals surface area contributed by atoms with E-state index < -0.39 is 0 Å². The molecule has 0 aliphatic carbocycles. The maximum absolute atomic E-state index is 4.84. The van der Waals surface area contributed by atoms with Crippen molar-refractivity contribution in [1.82, 2.24) is 0 Å². The smallest absolute Gasteiger partial charge is 0.0723 e. The van der Waals surface area contributed by atoms with Crippen LogP contribution in [0.15, 0.2) is 18.2 Å². The molecule has 0 fully saturated rings. The monoisotopic (exact) mass is 149 g/mol. The van der Waals surface area contributed by atoms with Crippen molar-refractivity contribution >= 4 is 0 Å². The first-order valence-electron chi connectivity index (χ1n) is 3.67. The molecule has 0 aliphatic rings. The Kier molecular flexibility index (Phi) is 2.66. The molecule has 1 aromatic rings. The van der Waals surface area contributed by atoms with Crippen LogP contribution >= 0.6 is 0 Å². The van der Waals surface area contributed by atoms with Crippen molar-refractivity contribution in [2.24, 2.45) is 0 Å². The molecular formula is C10H13O. The Bertz CT molecular complexity index is 220. The van der Waals surface area contributed by atoms with Gasteiger partial charge >= 0.3 is 0 Å². The predicted octanol–water partition coefficient (Wildman–Crippen LogP) is 2.61. The van der Waals surface area contributed by atoms with Crippen LogP contribution < -0.4 is 0 Å². The fraction of sp³-hybridized carbons (Fsp3) is 0.300. The van der Waals surface area contributed by atoms with Crippen molar-refractivity contribution in [2.45, 2.75) is 20.5 Å². The van der Waals surface area contributed by atoms with Crippen molar-refractivity contribution in [1.29, 1.82) is 0 Å². The average Bonchev–Trinajstić information content (AvgIpc) is 1.97. The van der Waals surface area contributed by atoms with E-state index in [0.29, 0.717) is 6.61 Å². The molecule has 0 amide bonds. The third kappa shape index (κ3) is 1.81. The van der Waals surface area contributed by atoms with Crippen molar-refractivity contribution < 1.29 is 4.74 Å². The number of aryl methyl sites for hydroxylation is 2. The first kappa shape index (κ1) is 8.28. The lowest BCUT2D eigenvalue weighted by atomic mass is 10.0. The van der Waals surface area contributed by atoms with Crippen LogP contribution in [0.5, 0.6) is 0 Å². The molecule has 0 aromatic heterocycles. The minimum atomic E-state index is 0.610. The zero-order valence-corrected chi connectivity index (χ0v) is 7.05. The summed E-state index contributed by atoms with van der Waals surface area (Å²) in [5.74, 6) is 0. The molecule has 0 saturated heterocycles. The van der Waals surface area contributed by atoms with Crippen LogP contribution in [0.25, 0.3) is 0 Å². The van der Waals surface area contributed by atoms with E-state index in [9.17, 15) is 0 Å². The van der Waals surface area contributed by atoms with Crippen LogP contribution in [0.3, 0.4) is 0 Å². The Balaban J connectivity index is 3.00. The van der Waals surface area contributed by atoms with Crippen LogP contribution in [0.2, 0.25) is 0 Å². The first-order chi connectivity index (χ1) is 5.25. The van der Waals surface area contributed by atoms with E-state index in [-0.39, 0.29) is 0 Å². The van der Waals surface area contributed by atoms with E-state index in [2.05, 4.69) is 39.2 Å². The van der Waals surface area contributed by atoms with E-state index in [4.69, 9.17) is 4.74 Å². The molecule has 0 atom stereocenters. The van der Waals surface area contributed by atoms with Crippen LogP contribution in [0.1, 0.15) is 16.7 Å². The van der Waals surface area contributed by atoms with Gasteiger partial charge in [0.05, 0.1) is 13.7 Å². The fourth-order valence-electron chi connectivity index (χ4n) is 1.18. The second kappa shape index (κ2) is 3.54. The molecule has 59 valence electrons. The summed E-state index contributed by atoms with van der Waals surface area (Å²) in [6, 6.07) is 6.22. The molecule has 0 saturated carbocycles. The SMILES string of the molecule is [CH2]OCc1c(C)cccc1C. The van der Waals surface area contributed by atoms with E-state index in [1.165, 1.54) is 16.7 Å². The van der Waals surface area contributed by atoms with Gasteiger partial charge < -0.3 is 4.74 Å². The van der Waals surface area contributed by atoms with Gasteiger partial charge in [-0.1, -0.05) is 18.2 Å². The topological polar surface area (TPSA) is 9.23 Å². The minimum absolute atomic E-state index is 0.610. The lowest BCUT2D eigenvalue weighted by Gasteiger charge is -2.07. The average molecular weight is 149 g/mol. The van der Waals surface area contributed by atoms with Crippen LogP contribution in [-0.4, -0.2) is 0 Å². The maximum atomic E-state index is 4.84. The molecule has 0 heterocycles. The summed E-state index contributed by atoms with van der Waals surface area (Å²) in [5, 5.41) is 0. The van der Waals surface area contributed by atoms with Gasteiger partial charge in [0.15, 0.2) is 0 Å². The van der Waals surface area contributed by atoms with E-state index in [1.54, 1.807) is 0 Å². The molecule has 1 rings (SSSR count). The molecule has 0 spiro atoms. The van der Waals surface area contributed by atoms with Gasteiger partial charge in [-0.15, -0.1) is 0 Å². The summed E-state index contributed by atoms with van der Waals surface area (Å²) in [7, 11) is 3.36. The largest absolute Gasteiger partial charge is 0.374 e. The second-order valence-electron chi connectivity index (χ2n) is 2.72. The van der Waals surface area contributed by atoms with Crippen LogP contribution in [0.4, 0.5) is 0 Å². The molecule has 0 bridgehead atoms. The standard InChI is InChI=1S/C10H13O/c1-8-5-4-6-9(2)10(8)7-11-3/h4-6H,3,7H2,1-2H3. The molecule has 0 aliphatic heterocycles. The maximum Gasteiger partial charge on any atom is 0.0723 e. The number of hydrogen-bond donors (Lipinski definition) is 0. The van der Waals surface area contributed by atoms with Crippen molar-refractivity contribution in [3.05, 3.63) is 42.0 Å². The molecule has 1 heteroatoms. The lowest BCUT2D eigenvalue weighted by Crippen LogP contribution is -1.93. The van der Waals surface area contributed by atoms with Gasteiger partial charge in [0.25, 0.3) is 0 Å². The van der Waals surface area contributed by atoms with E-state index >= 15 is 0 Å². The quantitative estimate of drug-likeness (QED) is 0.628. The van der Waals surface area contributed by atoms with Gasteiger partial charge in [-0.25, -0.2) is 0 Å². The number of hydrogen-bond acceptors (Lipinski definition) is 1. The lowest BCUT2D eigenvalue weighted by molar-refractivity contribution is 0.227. The fourth-order valence-corrected chi connectivity index (χ4v) is 1.18. The number of benzene rings is 1. The summed E-state index contributed by atoms with van der Waals surface area (Å²) < 4.78 is 4.84. The summed E-state index contributed by atoms with van der Waals surface area (Å²) in [6.45, 7) is 4.78. The Hall–Kier alpha value is -0.820. The van der Waals surface area contributed by atoms with E-state index in [1.807, 2.05) is 0 Å². The van der Waals surface area contributed by atoms with E-state index in [0.717, 1.165) is 0 Å². The summed E-state index contributed by atoms with van der Waals surface area (Å²) >= 11 is 0. The Labute approximate surface area is 68.0 Å². The normalized spacial score (nSPS) is 10.1. The molecule has 1 aromatic carbocycles. The third-order valence-electron chi connectivity index (χ3n) is 1.89. The molecular weight excluding hydrogens is 136 g/mol. The number of rotatable bonds is 2. The Morgan fingerprint density at radius 2 is 1.82 bits per heavy atom. The first-order valence-corrected chi connectivity index (χ1v) is 3.67. The van der Waals surface area contributed by atoms with Crippen LogP contribution in [0, 0.1) is 21.0 Å². The molecule has 0 unspecified atom stereocenters. The molecule has 1 nitrogen and oxygen atoms in total. The summed E-state index contributed by atoms with van der Waals surface area (Å²) in [6.07, 6.45) is 0. The van der Waals surface area contributed by atoms with Crippen LogP contribution in [-0.2, 0) is 11.3 Å². The highest BCUT2D eigenvalue weighted by Crippen LogP contribution is 2.13. The molecule has 11 heavy (non-hydrogen) atoms.